The third-order valence-electron chi connectivity index (χ3n) is 4.86. The van der Waals surface area contributed by atoms with E-state index in [2.05, 4.69) is 31.7 Å². The van der Waals surface area contributed by atoms with Crippen molar-refractivity contribution < 1.29 is 4.79 Å². The smallest absolute Gasteiger partial charge is 0.237 e. The van der Waals surface area contributed by atoms with Crippen LogP contribution in [0.25, 0.3) is 0 Å². The molecular weight excluding hydrogens is 310 g/mol. The first-order chi connectivity index (χ1) is 11.3. The molecule has 6 nitrogen and oxygen atoms in total. The van der Waals surface area contributed by atoms with Crippen LogP contribution in [0.5, 0.6) is 0 Å². The van der Waals surface area contributed by atoms with E-state index in [0.29, 0.717) is 12.6 Å². The zero-order valence-corrected chi connectivity index (χ0v) is 14.7. The molecule has 2 heterocycles. The number of nitrogens with one attached hydrogen (secondary N) is 2. The van der Waals surface area contributed by atoms with Gasteiger partial charge in [0.15, 0.2) is 5.16 Å². The molecular formula is C16H27N5OS. The first-order valence-corrected chi connectivity index (χ1v) is 10.0. The topological polar surface area (TPSA) is 71.8 Å². The molecule has 1 amide bonds. The van der Waals surface area contributed by atoms with Gasteiger partial charge in [0, 0.05) is 19.0 Å². The number of carbonyl (C=O) groups is 1. The number of thioether (sulfide) groups is 1. The Balaban J connectivity index is 1.49. The number of hydrogen-bond acceptors (Lipinski definition) is 5. The summed E-state index contributed by atoms with van der Waals surface area (Å²) in [6, 6.07) is 0.583. The molecule has 2 N–H and O–H groups in total. The van der Waals surface area contributed by atoms with Crippen LogP contribution in [-0.4, -0.2) is 46.1 Å². The van der Waals surface area contributed by atoms with E-state index in [1.54, 1.807) is 11.8 Å². The lowest BCUT2D eigenvalue weighted by Crippen LogP contribution is -2.40. The van der Waals surface area contributed by atoms with Crippen molar-refractivity contribution in [1.29, 1.82) is 0 Å². The van der Waals surface area contributed by atoms with Crippen molar-refractivity contribution in [3.05, 3.63) is 5.82 Å². The molecule has 1 saturated heterocycles. The molecule has 1 unspecified atom stereocenters. The van der Waals surface area contributed by atoms with Crippen molar-refractivity contribution in [3.63, 3.8) is 0 Å². The van der Waals surface area contributed by atoms with Crippen LogP contribution in [0, 0.1) is 0 Å². The number of nitrogens with zero attached hydrogens (tertiary/aromatic N) is 3. The third kappa shape index (κ3) is 4.07. The Kier molecular flexibility index (Phi) is 5.94. The minimum Gasteiger partial charge on any atom is -0.355 e. The maximum atomic E-state index is 12.0. The summed E-state index contributed by atoms with van der Waals surface area (Å²) in [5, 5.41) is 16.0. The van der Waals surface area contributed by atoms with E-state index in [0.717, 1.165) is 43.2 Å². The number of aromatic nitrogens is 3. The largest absolute Gasteiger partial charge is 0.355 e. The van der Waals surface area contributed by atoms with E-state index in [1.165, 1.54) is 25.7 Å². The highest BCUT2D eigenvalue weighted by molar-refractivity contribution is 7.98. The molecule has 0 spiro atoms. The van der Waals surface area contributed by atoms with Crippen molar-refractivity contribution in [1.82, 2.24) is 25.4 Å². The van der Waals surface area contributed by atoms with Crippen LogP contribution in [0.3, 0.4) is 0 Å². The molecule has 3 rings (SSSR count). The molecule has 1 aromatic heterocycles. The molecule has 7 heteroatoms. The van der Waals surface area contributed by atoms with Crippen LogP contribution in [0.4, 0.5) is 0 Å². The fraction of sp³-hybridized carbons (Fsp3) is 0.812. The van der Waals surface area contributed by atoms with Gasteiger partial charge >= 0.3 is 0 Å². The van der Waals surface area contributed by atoms with Crippen molar-refractivity contribution >= 4 is 17.7 Å². The van der Waals surface area contributed by atoms with E-state index in [9.17, 15) is 4.79 Å². The Hall–Kier alpha value is -1.08. The van der Waals surface area contributed by atoms with E-state index < -0.39 is 0 Å². The van der Waals surface area contributed by atoms with Crippen molar-refractivity contribution in [2.45, 2.75) is 68.6 Å². The van der Waals surface area contributed by atoms with E-state index >= 15 is 0 Å². The van der Waals surface area contributed by atoms with Gasteiger partial charge in [0.05, 0.1) is 6.04 Å². The number of carbonyl (C=O) groups excluding carboxylic acids is 1. The van der Waals surface area contributed by atoms with Gasteiger partial charge in [0.2, 0.25) is 5.91 Å². The van der Waals surface area contributed by atoms with Gasteiger partial charge in [0.1, 0.15) is 5.82 Å². The first-order valence-electron chi connectivity index (χ1n) is 8.78. The summed E-state index contributed by atoms with van der Waals surface area (Å²) < 4.78 is 2.35. The summed E-state index contributed by atoms with van der Waals surface area (Å²) in [6.07, 6.45) is 11.0. The Labute approximate surface area is 142 Å². The second kappa shape index (κ2) is 8.15. The van der Waals surface area contributed by atoms with Crippen LogP contribution in [0.1, 0.15) is 56.8 Å². The lowest BCUT2D eigenvalue weighted by atomic mass is 10.2. The minimum absolute atomic E-state index is 0.0141. The second-order valence-corrected chi connectivity index (χ2v) is 7.23. The molecule has 0 radical (unpaired) electrons. The van der Waals surface area contributed by atoms with Crippen molar-refractivity contribution in [3.8, 4) is 0 Å². The van der Waals surface area contributed by atoms with Gasteiger partial charge in [-0.15, -0.1) is 10.2 Å². The Morgan fingerprint density at radius 2 is 2.13 bits per heavy atom. The second-order valence-electron chi connectivity index (χ2n) is 6.45. The summed E-state index contributed by atoms with van der Waals surface area (Å²) in [7, 11) is 0. The molecule has 1 atom stereocenters. The van der Waals surface area contributed by atoms with Gasteiger partial charge in [-0.2, -0.15) is 0 Å². The van der Waals surface area contributed by atoms with Crippen molar-refractivity contribution in [2.75, 3.05) is 19.3 Å². The number of amides is 1. The summed E-state index contributed by atoms with van der Waals surface area (Å²) in [6.45, 7) is 1.67. The molecule has 23 heavy (non-hydrogen) atoms. The molecule has 1 saturated carbocycles. The van der Waals surface area contributed by atoms with Crippen LogP contribution in [0.2, 0.25) is 0 Å². The molecule has 1 aromatic rings. The van der Waals surface area contributed by atoms with Gasteiger partial charge < -0.3 is 15.2 Å². The average molecular weight is 337 g/mol. The van der Waals surface area contributed by atoms with E-state index in [4.69, 9.17) is 0 Å². The predicted molar refractivity (Wildman–Crippen MR) is 91.7 cm³/mol. The minimum atomic E-state index is 0.0141. The lowest BCUT2D eigenvalue weighted by Gasteiger charge is -2.16. The first kappa shape index (κ1) is 16.8. The highest BCUT2D eigenvalue weighted by Crippen LogP contribution is 2.33. The van der Waals surface area contributed by atoms with Gasteiger partial charge in [-0.3, -0.25) is 4.79 Å². The maximum Gasteiger partial charge on any atom is 0.237 e. The van der Waals surface area contributed by atoms with Gasteiger partial charge in [-0.05, 0) is 44.9 Å². The molecule has 2 fully saturated rings. The maximum absolute atomic E-state index is 12.0. The van der Waals surface area contributed by atoms with Gasteiger partial charge in [-0.1, -0.05) is 24.6 Å². The van der Waals surface area contributed by atoms with Gasteiger partial charge in [0.25, 0.3) is 0 Å². The average Bonchev–Trinajstić information content (AvgIpc) is 3.32. The SMILES string of the molecule is CSc1nnc(CCCNC(=O)C2CCCN2)n1C1CCCC1. The van der Waals surface area contributed by atoms with Crippen LogP contribution < -0.4 is 10.6 Å². The van der Waals surface area contributed by atoms with Gasteiger partial charge in [-0.25, -0.2) is 0 Å². The lowest BCUT2D eigenvalue weighted by molar-refractivity contribution is -0.122. The van der Waals surface area contributed by atoms with Crippen LogP contribution >= 0.6 is 11.8 Å². The fourth-order valence-corrected chi connectivity index (χ4v) is 4.21. The summed E-state index contributed by atoms with van der Waals surface area (Å²) in [5.41, 5.74) is 0. The van der Waals surface area contributed by atoms with Crippen LogP contribution in [0.15, 0.2) is 5.16 Å². The molecule has 1 aliphatic carbocycles. The van der Waals surface area contributed by atoms with Crippen LogP contribution in [-0.2, 0) is 11.2 Å². The van der Waals surface area contributed by atoms with Crippen molar-refractivity contribution in [2.24, 2.45) is 0 Å². The number of hydrogen-bond donors (Lipinski definition) is 2. The molecule has 2 aliphatic rings. The zero-order valence-electron chi connectivity index (χ0n) is 13.9. The third-order valence-corrected chi connectivity index (χ3v) is 5.50. The summed E-state index contributed by atoms with van der Waals surface area (Å²) >= 11 is 1.68. The van der Waals surface area contributed by atoms with E-state index in [1.807, 2.05) is 0 Å². The Morgan fingerprint density at radius 1 is 1.30 bits per heavy atom. The van der Waals surface area contributed by atoms with E-state index in [-0.39, 0.29) is 11.9 Å². The monoisotopic (exact) mass is 337 g/mol. The number of aryl methyl sites for hydroxylation is 1. The normalized spacial score (nSPS) is 21.9. The Bertz CT molecular complexity index is 521. The molecule has 1 aliphatic heterocycles. The summed E-state index contributed by atoms with van der Waals surface area (Å²) in [5.74, 6) is 1.22. The highest BCUT2D eigenvalue weighted by Gasteiger charge is 2.24. The molecule has 128 valence electrons. The molecule has 0 bridgehead atoms. The predicted octanol–water partition coefficient (Wildman–Crippen LogP) is 1.92. The zero-order chi connectivity index (χ0) is 16.1. The molecule has 0 aromatic carbocycles. The standard InChI is InChI=1S/C16H27N5OS/c1-23-16-20-19-14(21(16)12-6-2-3-7-12)9-5-11-18-15(22)13-8-4-10-17-13/h12-13,17H,2-11H2,1H3,(H,18,22). The summed E-state index contributed by atoms with van der Waals surface area (Å²) in [4.78, 5) is 12.0. The highest BCUT2D eigenvalue weighted by atomic mass is 32.2. The Morgan fingerprint density at radius 3 is 2.83 bits per heavy atom. The quantitative estimate of drug-likeness (QED) is 0.587. The fourth-order valence-electron chi connectivity index (χ4n) is 3.64. The number of rotatable bonds is 7.